The van der Waals surface area contributed by atoms with Gasteiger partial charge in [-0.05, 0) is 59.0 Å². The normalized spacial score (nSPS) is 24.0. The molecule has 2 heterocycles. The summed E-state index contributed by atoms with van der Waals surface area (Å²) >= 11 is 1.88. The fourth-order valence-electron chi connectivity index (χ4n) is 3.19. The highest BCUT2D eigenvalue weighted by Gasteiger charge is 2.27. The first-order valence-electron chi connectivity index (χ1n) is 7.18. The van der Waals surface area contributed by atoms with Gasteiger partial charge < -0.3 is 10.6 Å². The van der Waals surface area contributed by atoms with Crippen LogP contribution in [0.3, 0.4) is 0 Å². The van der Waals surface area contributed by atoms with Crippen molar-refractivity contribution >= 4 is 11.3 Å². The highest BCUT2D eigenvalue weighted by molar-refractivity contribution is 7.12. The van der Waals surface area contributed by atoms with Gasteiger partial charge in [0, 0.05) is 28.9 Å². The maximum Gasteiger partial charge on any atom is 0.0588 e. The number of rotatable bonds is 5. The Morgan fingerprint density at radius 2 is 2.26 bits per heavy atom. The molecule has 2 rings (SSSR count). The first kappa shape index (κ1) is 15.0. The molecule has 19 heavy (non-hydrogen) atoms. The molecule has 0 spiro atoms. The Morgan fingerprint density at radius 1 is 1.53 bits per heavy atom. The maximum atomic E-state index is 6.23. The minimum atomic E-state index is 0.169. The first-order valence-corrected chi connectivity index (χ1v) is 7.99. The predicted octanol–water partition coefficient (Wildman–Crippen LogP) is 2.33. The summed E-state index contributed by atoms with van der Waals surface area (Å²) in [4.78, 5) is 7.66. The summed E-state index contributed by atoms with van der Waals surface area (Å²) in [6, 6.07) is 4.96. The van der Waals surface area contributed by atoms with E-state index in [1.165, 1.54) is 29.3 Å². The lowest BCUT2D eigenvalue weighted by Gasteiger charge is -2.32. The average Bonchev–Trinajstić information content (AvgIpc) is 2.88. The van der Waals surface area contributed by atoms with Gasteiger partial charge in [0.15, 0.2) is 0 Å². The molecule has 1 aliphatic heterocycles. The molecule has 4 heteroatoms. The molecule has 0 bridgehead atoms. The minimum absolute atomic E-state index is 0.169. The van der Waals surface area contributed by atoms with Crippen LogP contribution in [0.2, 0.25) is 0 Å². The quantitative estimate of drug-likeness (QED) is 0.899. The largest absolute Gasteiger partial charge is 0.326 e. The maximum absolute atomic E-state index is 6.23. The van der Waals surface area contributed by atoms with E-state index in [4.69, 9.17) is 5.73 Å². The van der Waals surface area contributed by atoms with Crippen molar-refractivity contribution in [3.8, 4) is 0 Å². The summed E-state index contributed by atoms with van der Waals surface area (Å²) in [5, 5.41) is 0. The summed E-state index contributed by atoms with van der Waals surface area (Å²) in [7, 11) is 4.44. The van der Waals surface area contributed by atoms with Crippen molar-refractivity contribution in [1.29, 1.82) is 0 Å². The zero-order valence-corrected chi connectivity index (χ0v) is 13.4. The van der Waals surface area contributed by atoms with Crippen molar-refractivity contribution < 1.29 is 0 Å². The number of aryl methyl sites for hydroxylation is 1. The Bertz CT molecular complexity index is 402. The van der Waals surface area contributed by atoms with Crippen LogP contribution < -0.4 is 5.73 Å². The Labute approximate surface area is 121 Å². The van der Waals surface area contributed by atoms with Crippen LogP contribution in [0.5, 0.6) is 0 Å². The van der Waals surface area contributed by atoms with Crippen molar-refractivity contribution in [3.05, 3.63) is 21.9 Å². The highest BCUT2D eigenvalue weighted by Crippen LogP contribution is 2.30. The molecule has 3 unspecified atom stereocenters. The number of nitrogens with zero attached hydrogens (tertiary/aromatic N) is 2. The van der Waals surface area contributed by atoms with Crippen molar-refractivity contribution in [1.82, 2.24) is 9.80 Å². The van der Waals surface area contributed by atoms with Crippen LogP contribution in [0.4, 0.5) is 0 Å². The Kier molecular flexibility index (Phi) is 5.01. The van der Waals surface area contributed by atoms with Crippen LogP contribution in [0.15, 0.2) is 12.1 Å². The van der Waals surface area contributed by atoms with Gasteiger partial charge in [0.25, 0.3) is 0 Å². The number of hydrogen-bond donors (Lipinski definition) is 1. The molecule has 1 aromatic heterocycles. The third-order valence-electron chi connectivity index (χ3n) is 4.06. The molecule has 1 aliphatic rings. The molecule has 1 saturated heterocycles. The molecule has 0 saturated carbocycles. The molecule has 0 aliphatic carbocycles. The standard InChI is InChI=1S/C15H27N3S/c1-11-5-6-14(19-11)15(12(2)16)18(4)10-13-7-8-17(3)9-13/h5-6,12-13,15H,7-10,16H2,1-4H3. The lowest BCUT2D eigenvalue weighted by atomic mass is 10.0. The van der Waals surface area contributed by atoms with Crippen molar-refractivity contribution in [3.63, 3.8) is 0 Å². The molecule has 0 radical (unpaired) electrons. The highest BCUT2D eigenvalue weighted by atomic mass is 32.1. The van der Waals surface area contributed by atoms with Crippen molar-refractivity contribution in [2.45, 2.75) is 32.4 Å². The molecule has 0 amide bonds. The summed E-state index contributed by atoms with van der Waals surface area (Å²) in [6.07, 6.45) is 1.32. The van der Waals surface area contributed by atoms with E-state index in [2.05, 4.69) is 49.9 Å². The van der Waals surface area contributed by atoms with Gasteiger partial charge in [0.1, 0.15) is 0 Å². The predicted molar refractivity (Wildman–Crippen MR) is 83.7 cm³/mol. The van der Waals surface area contributed by atoms with Gasteiger partial charge in [-0.2, -0.15) is 0 Å². The molecule has 1 aromatic rings. The van der Waals surface area contributed by atoms with Crippen LogP contribution in [0.25, 0.3) is 0 Å². The van der Waals surface area contributed by atoms with Crippen molar-refractivity contribution in [2.24, 2.45) is 11.7 Å². The van der Waals surface area contributed by atoms with Crippen molar-refractivity contribution in [2.75, 3.05) is 33.7 Å². The van der Waals surface area contributed by atoms with Crippen LogP contribution in [0, 0.1) is 12.8 Å². The molecule has 2 N–H and O–H groups in total. The second-order valence-electron chi connectivity index (χ2n) is 6.11. The van der Waals surface area contributed by atoms with E-state index in [1.54, 1.807) is 0 Å². The van der Waals surface area contributed by atoms with E-state index >= 15 is 0 Å². The average molecular weight is 281 g/mol. The Morgan fingerprint density at radius 3 is 2.74 bits per heavy atom. The summed E-state index contributed by atoms with van der Waals surface area (Å²) in [5.41, 5.74) is 6.23. The van der Waals surface area contributed by atoms with E-state index in [-0.39, 0.29) is 6.04 Å². The van der Waals surface area contributed by atoms with Crippen LogP contribution >= 0.6 is 11.3 Å². The van der Waals surface area contributed by atoms with Gasteiger partial charge in [-0.25, -0.2) is 0 Å². The van der Waals surface area contributed by atoms with Crippen LogP contribution in [0.1, 0.15) is 29.1 Å². The van der Waals surface area contributed by atoms with Gasteiger partial charge in [-0.3, -0.25) is 4.90 Å². The van der Waals surface area contributed by atoms with Gasteiger partial charge >= 0.3 is 0 Å². The molecular weight excluding hydrogens is 254 g/mol. The number of thiophene rings is 1. The molecule has 108 valence electrons. The number of hydrogen-bond acceptors (Lipinski definition) is 4. The fourth-order valence-corrected chi connectivity index (χ4v) is 4.35. The van der Waals surface area contributed by atoms with E-state index in [9.17, 15) is 0 Å². The summed E-state index contributed by atoms with van der Waals surface area (Å²) in [6.45, 7) is 7.89. The first-order chi connectivity index (χ1) is 8.97. The number of nitrogens with two attached hydrogens (primary N) is 1. The Balaban J connectivity index is 2.02. The van der Waals surface area contributed by atoms with Gasteiger partial charge in [0.05, 0.1) is 6.04 Å². The zero-order chi connectivity index (χ0) is 14.0. The summed E-state index contributed by atoms with van der Waals surface area (Å²) < 4.78 is 0. The Hall–Kier alpha value is -0.420. The molecule has 1 fully saturated rings. The summed E-state index contributed by atoms with van der Waals surface area (Å²) in [5.74, 6) is 0.789. The van der Waals surface area contributed by atoms with Gasteiger partial charge in [-0.1, -0.05) is 0 Å². The van der Waals surface area contributed by atoms with E-state index in [0.717, 1.165) is 12.5 Å². The SMILES string of the molecule is Cc1ccc(C(C(C)N)N(C)CC2CCN(C)C2)s1. The second kappa shape index (κ2) is 6.35. The number of likely N-dealkylation sites (tertiary alicyclic amines) is 1. The monoisotopic (exact) mass is 281 g/mol. The van der Waals surface area contributed by atoms with E-state index in [1.807, 2.05) is 11.3 Å². The third-order valence-corrected chi connectivity index (χ3v) is 5.13. The lowest BCUT2D eigenvalue weighted by molar-refractivity contribution is 0.190. The van der Waals surface area contributed by atoms with Crippen LogP contribution in [-0.4, -0.2) is 49.6 Å². The van der Waals surface area contributed by atoms with E-state index in [0.29, 0.717) is 6.04 Å². The lowest BCUT2D eigenvalue weighted by Crippen LogP contribution is -2.39. The fraction of sp³-hybridized carbons (Fsp3) is 0.733. The van der Waals surface area contributed by atoms with Gasteiger partial charge in [-0.15, -0.1) is 11.3 Å². The zero-order valence-electron chi connectivity index (χ0n) is 12.6. The molecule has 3 nitrogen and oxygen atoms in total. The van der Waals surface area contributed by atoms with E-state index < -0.39 is 0 Å². The molecule has 0 aromatic carbocycles. The third kappa shape index (κ3) is 3.78. The minimum Gasteiger partial charge on any atom is -0.326 e. The number of likely N-dealkylation sites (N-methyl/N-ethyl adjacent to an activating group) is 1. The second-order valence-corrected chi connectivity index (χ2v) is 7.43. The molecular formula is C15H27N3S. The smallest absolute Gasteiger partial charge is 0.0588 e. The topological polar surface area (TPSA) is 32.5 Å². The van der Waals surface area contributed by atoms with Crippen LogP contribution in [-0.2, 0) is 0 Å². The van der Waals surface area contributed by atoms with Gasteiger partial charge in [0.2, 0.25) is 0 Å². The molecule has 3 atom stereocenters.